The SMILES string of the molecule is CC(C)(C)c1cc2c(O)c(c1)Cc1cc(C(C)(C)C)cc3c1OCC(=O)NC[C@H]1O[C@H](O[C@H]4O[C@H](CNC(=O)COc5c(cc(C(C)(C)C)cc5Cc5cc(C(C)(C)C)cc(c5O)C3)C2)[C@@H](OCc2ccccc2)[C@H](OCc2ccccc2)[C@H]4OCc2ccccc2)[C@H](OCc2ccccc2)[C@@H](OCc2ccccc2)[C@@H]1OCc1ccccc1. The van der Waals surface area contributed by atoms with Crippen LogP contribution in [-0.4, -0.2) is 110 Å². The summed E-state index contributed by atoms with van der Waals surface area (Å²) in [5, 5.41) is 33.1. The molecule has 2 fully saturated rings. The van der Waals surface area contributed by atoms with Crippen LogP contribution in [0.15, 0.2) is 231 Å². The van der Waals surface area contributed by atoms with E-state index < -0.39 is 108 Å². The van der Waals surface area contributed by atoms with Crippen molar-refractivity contribution in [1.29, 1.82) is 0 Å². The van der Waals surface area contributed by atoms with Crippen molar-refractivity contribution in [2.24, 2.45) is 0 Å². The number of carbonyl (C=O) groups is 2. The van der Waals surface area contributed by atoms with E-state index in [1.165, 1.54) is 0 Å². The maximum absolute atomic E-state index is 15.6. The van der Waals surface area contributed by atoms with Gasteiger partial charge in [0.15, 0.2) is 25.8 Å². The van der Waals surface area contributed by atoms with E-state index in [9.17, 15) is 10.2 Å². The van der Waals surface area contributed by atoms with Crippen LogP contribution in [0.1, 0.15) is 183 Å². The fourth-order valence-electron chi connectivity index (χ4n) is 16.0. The summed E-state index contributed by atoms with van der Waals surface area (Å²) in [5.74, 6) is 0.0865. The Hall–Kier alpha value is -10.0. The average Bonchev–Trinajstić information content (AvgIpc) is 0.766. The van der Waals surface area contributed by atoms with Crippen LogP contribution in [0.3, 0.4) is 0 Å². The number of aromatic hydroxyl groups is 2. The van der Waals surface area contributed by atoms with E-state index in [0.29, 0.717) is 33.8 Å². The predicted molar refractivity (Wildman–Crippen MR) is 461 cm³/mol. The fourth-order valence-corrected chi connectivity index (χ4v) is 16.0. The highest BCUT2D eigenvalue weighted by Gasteiger charge is 2.55. The zero-order chi connectivity index (χ0) is 83.6. The number of benzene rings is 10. The zero-order valence-corrected chi connectivity index (χ0v) is 70.8. The maximum atomic E-state index is 15.6. The van der Waals surface area contributed by atoms with E-state index in [1.807, 2.05) is 182 Å². The summed E-state index contributed by atoms with van der Waals surface area (Å²) >= 11 is 0. The van der Waals surface area contributed by atoms with Crippen LogP contribution < -0.4 is 20.1 Å². The van der Waals surface area contributed by atoms with E-state index >= 15 is 9.59 Å². The molecule has 14 bridgehead atoms. The first kappa shape index (κ1) is 85.4. The highest BCUT2D eigenvalue weighted by molar-refractivity contribution is 5.78. The van der Waals surface area contributed by atoms with Gasteiger partial charge in [0.1, 0.15) is 71.8 Å². The van der Waals surface area contributed by atoms with Crippen molar-refractivity contribution < 1.29 is 71.9 Å². The van der Waals surface area contributed by atoms with Gasteiger partial charge in [-0.3, -0.25) is 9.59 Å². The molecule has 0 radical (unpaired) electrons. The summed E-state index contributed by atoms with van der Waals surface area (Å²) in [4.78, 5) is 31.2. The number of phenolic OH excluding ortho intramolecular Hbond substituents is 2. The molecule has 2 amide bonds. The number of hydrogen-bond donors (Lipinski definition) is 4. The number of fused-ring (bicyclic) bond motifs is 8. The standard InChI is InChI=1S/C102H116N2O15/c1-99(2,3)79-47-71-43-75-51-81(101(7,8)9)53-77-45-73-49-80(100(4,5)6)50-74(88(73)108)46-78-54-82(102(10,11)12)52-76(44-72(48-79)87(71)107)90(78)116-64-86(106)104-56-84-92(110-58-66-33-21-14-22-34-66)94(112-60-68-37-25-16-26-38-68)96(114-62-70-41-29-18-30-42-70)98(118-84)119-97-95(113-61-69-39-27-17-28-40-69)93(111-59-67-35-23-15-24-36-67)91(109-57-65-31-19-13-20-32-65)83(117-97)55-103-85(105)63-115-89(75)77/h13-42,47-54,83-84,91-98,107-108H,43-46,55-64H2,1-12H3,(H,103,105)(H,104,106)/t83-,84-,91-,92-,93+,94+,95-,96-,97-,98-/m1/s1. The lowest BCUT2D eigenvalue weighted by Gasteiger charge is -2.50. The summed E-state index contributed by atoms with van der Waals surface area (Å²) in [5.41, 5.74) is 13.0. The van der Waals surface area contributed by atoms with Crippen molar-refractivity contribution >= 4 is 11.8 Å². The Balaban J connectivity index is 0.973. The van der Waals surface area contributed by atoms with Crippen LogP contribution in [-0.2, 0) is 139 Å². The number of amides is 2. The summed E-state index contributed by atoms with van der Waals surface area (Å²) in [6.45, 7) is 25.3. The molecule has 4 aliphatic heterocycles. The first-order valence-corrected chi connectivity index (χ1v) is 41.8. The van der Waals surface area contributed by atoms with Crippen molar-refractivity contribution in [3.8, 4) is 23.0 Å². The van der Waals surface area contributed by atoms with E-state index in [-0.39, 0.29) is 89.9 Å². The van der Waals surface area contributed by atoms with Crippen LogP contribution >= 0.6 is 0 Å². The van der Waals surface area contributed by atoms with Gasteiger partial charge in [-0.1, -0.05) is 314 Å². The molecule has 4 heterocycles. The molecule has 119 heavy (non-hydrogen) atoms. The molecule has 15 rings (SSSR count). The molecule has 0 unspecified atom stereocenters. The van der Waals surface area contributed by atoms with E-state index in [4.69, 9.17) is 52.1 Å². The smallest absolute Gasteiger partial charge is 0.258 e. The molecule has 0 spiro atoms. The first-order valence-electron chi connectivity index (χ1n) is 41.8. The molecule has 4 N–H and O–H groups in total. The molecule has 0 saturated carbocycles. The van der Waals surface area contributed by atoms with Crippen molar-refractivity contribution in [2.45, 2.75) is 231 Å². The second kappa shape index (κ2) is 37.7. The second-order valence-corrected chi connectivity index (χ2v) is 36.2. The summed E-state index contributed by atoms with van der Waals surface area (Å²) in [6.07, 6.45) is -10.4. The predicted octanol–water partition coefficient (Wildman–Crippen LogP) is 17.9. The highest BCUT2D eigenvalue weighted by Crippen LogP contribution is 2.46. The largest absolute Gasteiger partial charge is 0.507 e. The minimum absolute atomic E-state index is 0.0779. The van der Waals surface area contributed by atoms with Crippen LogP contribution in [0.4, 0.5) is 0 Å². The molecule has 2 saturated heterocycles. The van der Waals surface area contributed by atoms with Gasteiger partial charge in [0.05, 0.1) is 39.6 Å². The Labute approximate surface area is 702 Å². The highest BCUT2D eigenvalue weighted by atomic mass is 16.8. The maximum Gasteiger partial charge on any atom is 0.258 e. The molecule has 0 aromatic heterocycles. The lowest BCUT2D eigenvalue weighted by molar-refractivity contribution is -0.390. The van der Waals surface area contributed by atoms with Crippen molar-refractivity contribution in [3.63, 3.8) is 0 Å². The normalized spacial score (nSPS) is 21.5. The van der Waals surface area contributed by atoms with Gasteiger partial charge in [0, 0.05) is 38.8 Å². The monoisotopic (exact) mass is 1610 g/mol. The molecule has 10 aromatic carbocycles. The van der Waals surface area contributed by atoms with Gasteiger partial charge in [-0.15, -0.1) is 0 Å². The zero-order valence-electron chi connectivity index (χ0n) is 70.8. The molecule has 1 aliphatic carbocycles. The van der Waals surface area contributed by atoms with Gasteiger partial charge in [-0.25, -0.2) is 0 Å². The Morgan fingerprint density at radius 3 is 0.756 bits per heavy atom. The molecular formula is C102H116N2O15. The van der Waals surface area contributed by atoms with Crippen molar-refractivity contribution in [2.75, 3.05) is 26.3 Å². The molecule has 10 atom stereocenters. The number of nitrogens with one attached hydrogen (secondary N) is 2. The second-order valence-electron chi connectivity index (χ2n) is 36.2. The number of hydrogen-bond acceptors (Lipinski definition) is 15. The van der Waals surface area contributed by atoms with Gasteiger partial charge in [0.2, 0.25) is 0 Å². The topological polar surface area (TPSA) is 200 Å². The molecule has 5 aliphatic rings. The summed E-state index contributed by atoms with van der Waals surface area (Å²) < 4.78 is 80.6. The van der Waals surface area contributed by atoms with Gasteiger partial charge in [-0.05, 0) is 122 Å². The van der Waals surface area contributed by atoms with Gasteiger partial charge in [0.25, 0.3) is 11.8 Å². The first-order chi connectivity index (χ1) is 57.1. The third-order valence-corrected chi connectivity index (χ3v) is 22.9. The third kappa shape index (κ3) is 21.8. The van der Waals surface area contributed by atoms with Gasteiger partial charge in [-0.2, -0.15) is 0 Å². The summed E-state index contributed by atoms with van der Waals surface area (Å²) in [6, 6.07) is 75.9. The molecule has 624 valence electrons. The van der Waals surface area contributed by atoms with Gasteiger partial charge < -0.3 is 73.0 Å². The Kier molecular flexibility index (Phi) is 27.1. The van der Waals surface area contributed by atoms with E-state index in [1.54, 1.807) is 0 Å². The Morgan fingerprint density at radius 1 is 0.303 bits per heavy atom. The van der Waals surface area contributed by atoms with Crippen LogP contribution in [0.25, 0.3) is 0 Å². The van der Waals surface area contributed by atoms with Gasteiger partial charge >= 0.3 is 0 Å². The van der Waals surface area contributed by atoms with Crippen LogP contribution in [0.5, 0.6) is 23.0 Å². The Bertz CT molecular complexity index is 4630. The number of phenols is 2. The quantitative estimate of drug-likeness (QED) is 0.0632. The molecule has 10 aromatic rings. The minimum Gasteiger partial charge on any atom is -0.507 e. The van der Waals surface area contributed by atoms with Crippen LogP contribution in [0.2, 0.25) is 0 Å². The lowest BCUT2D eigenvalue weighted by atomic mass is 9.79. The molecule has 17 nitrogen and oxygen atoms in total. The van der Waals surface area contributed by atoms with Crippen molar-refractivity contribution in [3.05, 3.63) is 331 Å². The third-order valence-electron chi connectivity index (χ3n) is 22.9. The van der Waals surface area contributed by atoms with E-state index in [0.717, 1.165) is 77.9 Å². The number of rotatable bonds is 18. The Morgan fingerprint density at radius 2 is 0.521 bits per heavy atom. The average molecular weight is 1610 g/mol. The van der Waals surface area contributed by atoms with Crippen LogP contribution in [0, 0.1) is 0 Å². The molecule has 17 heteroatoms. The summed E-state index contributed by atoms with van der Waals surface area (Å²) in [7, 11) is 0. The fraction of sp³-hybridized carbons (Fsp3) is 0.392. The molecular weight excluding hydrogens is 1490 g/mol. The minimum atomic E-state index is -1.40. The lowest BCUT2D eigenvalue weighted by Crippen LogP contribution is -2.66. The number of carbonyl (C=O) groups excluding carboxylic acids is 2. The number of ether oxygens (including phenoxy) is 11. The van der Waals surface area contributed by atoms with Crippen molar-refractivity contribution in [1.82, 2.24) is 10.6 Å². The van der Waals surface area contributed by atoms with E-state index in [2.05, 4.69) is 142 Å².